The maximum absolute atomic E-state index is 11.5. The molecule has 1 heterocycles. The highest BCUT2D eigenvalue weighted by Crippen LogP contribution is 2.20. The first-order valence-electron chi connectivity index (χ1n) is 8.95. The van der Waals surface area contributed by atoms with Gasteiger partial charge in [0.05, 0.1) is 12.7 Å². The summed E-state index contributed by atoms with van der Waals surface area (Å²) in [5, 5.41) is 6.50. The summed E-state index contributed by atoms with van der Waals surface area (Å²) in [6.07, 6.45) is 10.2. The first-order chi connectivity index (χ1) is 12.7. The van der Waals surface area contributed by atoms with Gasteiger partial charge in [0.2, 0.25) is 5.95 Å². The summed E-state index contributed by atoms with van der Waals surface area (Å²) in [5.41, 5.74) is 2.89. The molecular formula is C20H24N4O2. The van der Waals surface area contributed by atoms with Crippen LogP contribution in [0.3, 0.4) is 0 Å². The molecule has 0 saturated heterocycles. The van der Waals surface area contributed by atoms with E-state index in [0.29, 0.717) is 17.3 Å². The molecule has 1 aromatic carbocycles. The fraction of sp³-hybridized carbons (Fsp3) is 0.350. The molecule has 6 heteroatoms. The Kier molecular flexibility index (Phi) is 6.19. The van der Waals surface area contributed by atoms with E-state index >= 15 is 0 Å². The number of benzene rings is 1. The summed E-state index contributed by atoms with van der Waals surface area (Å²) in [6.45, 7) is 0.836. The van der Waals surface area contributed by atoms with E-state index in [1.165, 1.54) is 38.4 Å². The van der Waals surface area contributed by atoms with Gasteiger partial charge in [-0.25, -0.2) is 9.78 Å². The highest BCUT2D eigenvalue weighted by molar-refractivity contribution is 5.89. The highest BCUT2D eigenvalue weighted by Gasteiger charge is 2.06. The average Bonchev–Trinajstić information content (AvgIpc) is 2.69. The zero-order valence-corrected chi connectivity index (χ0v) is 15.0. The minimum Gasteiger partial charge on any atom is -0.465 e. The lowest BCUT2D eigenvalue weighted by molar-refractivity contribution is 0.0601. The molecular weight excluding hydrogens is 328 g/mol. The Labute approximate surface area is 153 Å². The molecule has 0 bridgehead atoms. The van der Waals surface area contributed by atoms with E-state index in [0.717, 1.165) is 18.7 Å². The van der Waals surface area contributed by atoms with Crippen molar-refractivity contribution in [1.29, 1.82) is 0 Å². The number of anilines is 3. The maximum atomic E-state index is 11.5. The van der Waals surface area contributed by atoms with Gasteiger partial charge in [-0.15, -0.1) is 0 Å². The van der Waals surface area contributed by atoms with Crippen LogP contribution in [0.2, 0.25) is 0 Å². The van der Waals surface area contributed by atoms with Crippen LogP contribution in [-0.4, -0.2) is 29.6 Å². The molecule has 0 amide bonds. The van der Waals surface area contributed by atoms with Crippen molar-refractivity contribution in [3.63, 3.8) is 0 Å². The molecule has 0 saturated carbocycles. The summed E-state index contributed by atoms with van der Waals surface area (Å²) in [5.74, 6) is 0.959. The fourth-order valence-corrected chi connectivity index (χ4v) is 2.94. The van der Waals surface area contributed by atoms with Gasteiger partial charge in [-0.05, 0) is 62.4 Å². The van der Waals surface area contributed by atoms with Gasteiger partial charge < -0.3 is 15.4 Å². The largest absolute Gasteiger partial charge is 0.465 e. The van der Waals surface area contributed by atoms with Crippen LogP contribution in [0, 0.1) is 0 Å². The molecule has 2 N–H and O–H groups in total. The lowest BCUT2D eigenvalue weighted by Crippen LogP contribution is -2.08. The quantitative estimate of drug-likeness (QED) is 0.571. The third kappa shape index (κ3) is 5.05. The predicted octanol–water partition coefficient (Wildman–Crippen LogP) is 4.31. The number of hydrogen-bond acceptors (Lipinski definition) is 6. The normalized spacial score (nSPS) is 13.7. The Hall–Kier alpha value is -2.89. The molecule has 0 spiro atoms. The summed E-state index contributed by atoms with van der Waals surface area (Å²) < 4.78 is 4.70. The van der Waals surface area contributed by atoms with E-state index in [2.05, 4.69) is 26.7 Å². The molecule has 1 aromatic heterocycles. The zero-order chi connectivity index (χ0) is 18.2. The first-order valence-corrected chi connectivity index (χ1v) is 8.95. The Balaban J connectivity index is 1.55. The van der Waals surface area contributed by atoms with Crippen molar-refractivity contribution in [2.24, 2.45) is 0 Å². The lowest BCUT2D eigenvalue weighted by Gasteiger charge is -2.13. The van der Waals surface area contributed by atoms with E-state index < -0.39 is 0 Å². The van der Waals surface area contributed by atoms with Crippen molar-refractivity contribution in [3.8, 4) is 0 Å². The van der Waals surface area contributed by atoms with Crippen molar-refractivity contribution in [3.05, 3.63) is 53.7 Å². The van der Waals surface area contributed by atoms with Crippen molar-refractivity contribution < 1.29 is 9.53 Å². The molecule has 0 radical (unpaired) electrons. The van der Waals surface area contributed by atoms with Crippen LogP contribution in [0.1, 0.15) is 42.5 Å². The average molecular weight is 352 g/mol. The molecule has 1 aliphatic carbocycles. The number of nitrogens with one attached hydrogen (secondary N) is 2. The second-order valence-electron chi connectivity index (χ2n) is 6.24. The van der Waals surface area contributed by atoms with Crippen molar-refractivity contribution >= 4 is 23.4 Å². The molecule has 0 atom stereocenters. The Morgan fingerprint density at radius 1 is 1.19 bits per heavy atom. The van der Waals surface area contributed by atoms with E-state index in [9.17, 15) is 4.79 Å². The number of aromatic nitrogens is 2. The van der Waals surface area contributed by atoms with Crippen LogP contribution < -0.4 is 10.6 Å². The van der Waals surface area contributed by atoms with Gasteiger partial charge >= 0.3 is 5.97 Å². The topological polar surface area (TPSA) is 76.1 Å². The van der Waals surface area contributed by atoms with Crippen molar-refractivity contribution in [2.75, 3.05) is 24.3 Å². The van der Waals surface area contributed by atoms with Gasteiger partial charge in [0.1, 0.15) is 5.82 Å². The van der Waals surface area contributed by atoms with Crippen LogP contribution in [0.25, 0.3) is 0 Å². The first kappa shape index (κ1) is 17.9. The highest BCUT2D eigenvalue weighted by atomic mass is 16.5. The summed E-state index contributed by atoms with van der Waals surface area (Å²) in [6, 6.07) is 8.87. The van der Waals surface area contributed by atoms with Gasteiger partial charge in [0.15, 0.2) is 0 Å². The molecule has 3 rings (SSSR count). The van der Waals surface area contributed by atoms with Crippen LogP contribution >= 0.6 is 0 Å². The SMILES string of the molecule is COC(=O)c1ccc(Nc2ccnc(NCCC3=CCCCC3)n2)cc1. The van der Waals surface area contributed by atoms with Crippen LogP contribution in [0.5, 0.6) is 0 Å². The molecule has 2 aromatic rings. The summed E-state index contributed by atoms with van der Waals surface area (Å²) >= 11 is 0. The number of methoxy groups -OCH3 is 1. The molecule has 26 heavy (non-hydrogen) atoms. The number of nitrogens with zero attached hydrogens (tertiary/aromatic N) is 2. The zero-order valence-electron chi connectivity index (χ0n) is 15.0. The number of ether oxygens (including phenoxy) is 1. The molecule has 6 nitrogen and oxygen atoms in total. The predicted molar refractivity (Wildman–Crippen MR) is 103 cm³/mol. The maximum Gasteiger partial charge on any atom is 0.337 e. The molecule has 0 fully saturated rings. The fourth-order valence-electron chi connectivity index (χ4n) is 2.94. The van der Waals surface area contributed by atoms with Gasteiger partial charge in [0, 0.05) is 18.4 Å². The van der Waals surface area contributed by atoms with E-state index in [-0.39, 0.29) is 5.97 Å². The minimum absolute atomic E-state index is 0.349. The van der Waals surface area contributed by atoms with Crippen LogP contribution in [0.4, 0.5) is 17.5 Å². The smallest absolute Gasteiger partial charge is 0.337 e. The number of allylic oxidation sites excluding steroid dienone is 1. The second kappa shape index (κ2) is 8.99. The number of rotatable bonds is 7. The third-order valence-electron chi connectivity index (χ3n) is 4.35. The standard InChI is InChI=1S/C20H24N4O2/c1-26-19(25)16-7-9-17(10-8-16)23-18-12-14-22-20(24-18)21-13-11-15-5-3-2-4-6-15/h5,7-10,12,14H,2-4,6,11,13H2,1H3,(H2,21,22,23,24). The van der Waals surface area contributed by atoms with Gasteiger partial charge in [-0.1, -0.05) is 11.6 Å². The number of carbonyl (C=O) groups excluding carboxylic acids is 1. The number of carbonyl (C=O) groups is 1. The van der Waals surface area contributed by atoms with Crippen LogP contribution in [0.15, 0.2) is 48.2 Å². The Bertz CT molecular complexity index is 772. The van der Waals surface area contributed by atoms with Gasteiger partial charge in [0.25, 0.3) is 0 Å². The van der Waals surface area contributed by atoms with Crippen molar-refractivity contribution in [1.82, 2.24) is 9.97 Å². The Morgan fingerprint density at radius 2 is 2.04 bits per heavy atom. The van der Waals surface area contributed by atoms with Gasteiger partial charge in [-0.3, -0.25) is 0 Å². The minimum atomic E-state index is -0.349. The lowest BCUT2D eigenvalue weighted by atomic mass is 9.97. The second-order valence-corrected chi connectivity index (χ2v) is 6.24. The molecule has 0 aliphatic heterocycles. The Morgan fingerprint density at radius 3 is 2.77 bits per heavy atom. The van der Waals surface area contributed by atoms with E-state index in [1.54, 1.807) is 18.3 Å². The number of esters is 1. The monoisotopic (exact) mass is 352 g/mol. The molecule has 136 valence electrons. The van der Waals surface area contributed by atoms with Crippen LogP contribution in [-0.2, 0) is 4.74 Å². The van der Waals surface area contributed by atoms with Gasteiger partial charge in [-0.2, -0.15) is 4.98 Å². The van der Waals surface area contributed by atoms with E-state index in [4.69, 9.17) is 4.74 Å². The van der Waals surface area contributed by atoms with E-state index in [1.807, 2.05) is 18.2 Å². The summed E-state index contributed by atoms with van der Waals surface area (Å²) in [7, 11) is 1.37. The number of hydrogen-bond donors (Lipinski definition) is 2. The molecule has 1 aliphatic rings. The van der Waals surface area contributed by atoms with Crippen molar-refractivity contribution in [2.45, 2.75) is 32.1 Å². The summed E-state index contributed by atoms with van der Waals surface area (Å²) in [4.78, 5) is 20.2. The third-order valence-corrected chi connectivity index (χ3v) is 4.35. The molecule has 0 unspecified atom stereocenters.